The molecule has 7 heteroatoms. The molecule has 2 aromatic carbocycles. The van der Waals surface area contributed by atoms with Gasteiger partial charge in [0.1, 0.15) is 5.69 Å². The molecule has 3 N–H and O–H groups in total. The minimum Gasteiger partial charge on any atom is -0.350 e. The van der Waals surface area contributed by atoms with Crippen LogP contribution >= 0.6 is 27.5 Å². The average molecular weight is 393 g/mol. The van der Waals surface area contributed by atoms with E-state index in [1.54, 1.807) is 24.3 Å². The van der Waals surface area contributed by atoms with Crippen LogP contribution in [0.15, 0.2) is 53.0 Å². The van der Waals surface area contributed by atoms with Gasteiger partial charge in [-0.05, 0) is 34.1 Å². The van der Waals surface area contributed by atoms with Crippen molar-refractivity contribution in [1.29, 1.82) is 0 Å². The van der Waals surface area contributed by atoms with E-state index in [-0.39, 0.29) is 5.56 Å². The summed E-state index contributed by atoms with van der Waals surface area (Å²) in [5.41, 5.74) is 6.14. The van der Waals surface area contributed by atoms with E-state index in [1.807, 2.05) is 24.3 Å². The number of aromatic amines is 1. The van der Waals surface area contributed by atoms with E-state index in [9.17, 15) is 9.59 Å². The number of hydrogen-bond donors (Lipinski definition) is 3. The molecule has 1 aromatic heterocycles. The van der Waals surface area contributed by atoms with Crippen LogP contribution in [0.1, 0.15) is 20.8 Å². The van der Waals surface area contributed by atoms with Crippen LogP contribution in [-0.4, -0.2) is 16.8 Å². The van der Waals surface area contributed by atoms with E-state index in [2.05, 4.69) is 31.8 Å². The van der Waals surface area contributed by atoms with Crippen LogP contribution in [-0.2, 0) is 0 Å². The number of fused-ring (bicyclic) bond motifs is 1. The lowest BCUT2D eigenvalue weighted by Gasteiger charge is -2.07. The second-order valence-corrected chi connectivity index (χ2v) is 5.95. The molecule has 0 aliphatic carbocycles. The van der Waals surface area contributed by atoms with Crippen molar-refractivity contribution in [3.05, 3.63) is 69.3 Å². The van der Waals surface area contributed by atoms with Crippen LogP contribution in [0.25, 0.3) is 10.9 Å². The van der Waals surface area contributed by atoms with Gasteiger partial charge in [0, 0.05) is 10.9 Å². The van der Waals surface area contributed by atoms with Gasteiger partial charge in [-0.3, -0.25) is 20.4 Å². The number of nitrogens with one attached hydrogen (secondary N) is 3. The topological polar surface area (TPSA) is 74.0 Å². The van der Waals surface area contributed by atoms with E-state index in [1.165, 1.54) is 0 Å². The molecule has 1 heterocycles. The zero-order valence-corrected chi connectivity index (χ0v) is 14.0. The molecule has 0 saturated heterocycles. The number of carbonyl (C=O) groups excluding carboxylic acids is 2. The molecule has 3 rings (SSSR count). The fourth-order valence-corrected chi connectivity index (χ4v) is 3.00. The van der Waals surface area contributed by atoms with Gasteiger partial charge in [0.2, 0.25) is 0 Å². The lowest BCUT2D eigenvalue weighted by atomic mass is 10.2. The second-order valence-electron chi connectivity index (χ2n) is 4.75. The van der Waals surface area contributed by atoms with Gasteiger partial charge in [-0.15, -0.1) is 0 Å². The molecule has 5 nitrogen and oxygen atoms in total. The number of para-hydroxylation sites is 1. The number of halogens is 2. The summed E-state index contributed by atoms with van der Waals surface area (Å²) in [6.45, 7) is 0. The van der Waals surface area contributed by atoms with E-state index >= 15 is 0 Å². The van der Waals surface area contributed by atoms with Gasteiger partial charge in [-0.2, -0.15) is 0 Å². The lowest BCUT2D eigenvalue weighted by molar-refractivity contribution is 0.0844. The summed E-state index contributed by atoms with van der Waals surface area (Å²) >= 11 is 9.33. The minimum atomic E-state index is -0.490. The first-order valence-electron chi connectivity index (χ1n) is 6.69. The maximum absolute atomic E-state index is 12.2. The van der Waals surface area contributed by atoms with E-state index in [4.69, 9.17) is 11.6 Å². The summed E-state index contributed by atoms with van der Waals surface area (Å²) in [5.74, 6) is -0.954. The number of carbonyl (C=O) groups is 2. The van der Waals surface area contributed by atoms with Crippen molar-refractivity contribution in [2.45, 2.75) is 0 Å². The van der Waals surface area contributed by atoms with Crippen molar-refractivity contribution in [2.75, 3.05) is 0 Å². The maximum atomic E-state index is 12.2. The number of hydrogen-bond acceptors (Lipinski definition) is 2. The molecule has 0 spiro atoms. The molecule has 0 radical (unpaired) electrons. The maximum Gasteiger partial charge on any atom is 0.287 e. The van der Waals surface area contributed by atoms with Crippen molar-refractivity contribution in [1.82, 2.24) is 15.8 Å². The Morgan fingerprint density at radius 2 is 1.61 bits per heavy atom. The summed E-state index contributed by atoms with van der Waals surface area (Å²) in [6.07, 6.45) is 0. The van der Waals surface area contributed by atoms with Crippen LogP contribution in [0, 0.1) is 0 Å². The van der Waals surface area contributed by atoms with Crippen LogP contribution in [0.2, 0.25) is 5.02 Å². The number of amides is 2. The summed E-state index contributed by atoms with van der Waals surface area (Å²) in [5, 5.41) is 1.20. The third kappa shape index (κ3) is 3.09. The van der Waals surface area contributed by atoms with Crippen LogP contribution in [0.3, 0.4) is 0 Å². The molecule has 0 aliphatic rings. The van der Waals surface area contributed by atoms with Gasteiger partial charge in [-0.1, -0.05) is 41.9 Å². The molecule has 116 valence electrons. The van der Waals surface area contributed by atoms with E-state index in [0.717, 1.165) is 10.9 Å². The Balaban J connectivity index is 1.75. The Morgan fingerprint density at radius 1 is 0.957 bits per heavy atom. The number of aromatic nitrogens is 1. The first-order valence-corrected chi connectivity index (χ1v) is 7.86. The third-order valence-corrected chi connectivity index (χ3v) is 4.43. The summed E-state index contributed by atoms with van der Waals surface area (Å²) < 4.78 is 0.637. The van der Waals surface area contributed by atoms with E-state index < -0.39 is 11.8 Å². The highest BCUT2D eigenvalue weighted by atomic mass is 79.9. The highest BCUT2D eigenvalue weighted by Gasteiger charge is 2.17. The van der Waals surface area contributed by atoms with Crippen molar-refractivity contribution in [3.63, 3.8) is 0 Å². The predicted molar refractivity (Wildman–Crippen MR) is 92.4 cm³/mol. The molecular weight excluding hydrogens is 382 g/mol. The number of H-pyrrole nitrogens is 1. The summed E-state index contributed by atoms with van der Waals surface area (Å²) in [7, 11) is 0. The molecule has 0 aliphatic heterocycles. The first kappa shape index (κ1) is 15.6. The summed E-state index contributed by atoms with van der Waals surface area (Å²) in [6, 6.07) is 14.1. The molecule has 3 aromatic rings. The number of hydrazine groups is 1. The smallest absolute Gasteiger partial charge is 0.287 e. The normalized spacial score (nSPS) is 10.5. The van der Waals surface area contributed by atoms with Crippen molar-refractivity contribution in [3.8, 4) is 0 Å². The predicted octanol–water partition coefficient (Wildman–Crippen LogP) is 3.66. The van der Waals surface area contributed by atoms with Crippen LogP contribution in [0.4, 0.5) is 0 Å². The Kier molecular flexibility index (Phi) is 4.36. The van der Waals surface area contributed by atoms with Crippen LogP contribution < -0.4 is 10.9 Å². The fourth-order valence-electron chi connectivity index (χ4n) is 2.15. The monoisotopic (exact) mass is 391 g/mol. The zero-order chi connectivity index (χ0) is 16.4. The lowest BCUT2D eigenvalue weighted by Crippen LogP contribution is -2.42. The number of benzene rings is 2. The van der Waals surface area contributed by atoms with Crippen molar-refractivity contribution >= 4 is 50.2 Å². The molecule has 0 atom stereocenters. The molecular formula is C16H11BrClN3O2. The second kappa shape index (κ2) is 6.44. The molecule has 0 bridgehead atoms. The molecule has 0 unspecified atom stereocenters. The standard InChI is InChI=1S/C16H11BrClN3O2/c17-13-10-6-2-4-8-12(10)19-14(13)16(23)21-20-15(22)9-5-1-3-7-11(9)18/h1-8,19H,(H,20,22)(H,21,23). The summed E-state index contributed by atoms with van der Waals surface area (Å²) in [4.78, 5) is 27.3. The Hall–Kier alpha value is -2.31. The van der Waals surface area contributed by atoms with Crippen molar-refractivity contribution < 1.29 is 9.59 Å². The van der Waals surface area contributed by atoms with Gasteiger partial charge >= 0.3 is 0 Å². The fraction of sp³-hybridized carbons (Fsp3) is 0. The average Bonchev–Trinajstić information content (AvgIpc) is 2.90. The third-order valence-electron chi connectivity index (χ3n) is 3.28. The van der Waals surface area contributed by atoms with Gasteiger partial charge in [-0.25, -0.2) is 0 Å². The van der Waals surface area contributed by atoms with Gasteiger partial charge in [0.15, 0.2) is 0 Å². The molecule has 0 fully saturated rings. The quantitative estimate of drug-likeness (QED) is 0.582. The molecule has 2 amide bonds. The minimum absolute atomic E-state index is 0.283. The largest absolute Gasteiger partial charge is 0.350 e. The van der Waals surface area contributed by atoms with Gasteiger partial charge in [0.05, 0.1) is 15.1 Å². The SMILES string of the molecule is O=C(NNC(=O)c1[nH]c2ccccc2c1Br)c1ccccc1Cl. The van der Waals surface area contributed by atoms with Crippen molar-refractivity contribution in [2.24, 2.45) is 0 Å². The van der Waals surface area contributed by atoms with Crippen LogP contribution in [0.5, 0.6) is 0 Å². The number of rotatable bonds is 2. The molecule has 0 saturated carbocycles. The highest BCUT2D eigenvalue weighted by Crippen LogP contribution is 2.27. The zero-order valence-electron chi connectivity index (χ0n) is 11.7. The first-order chi connectivity index (χ1) is 11.1. The highest BCUT2D eigenvalue weighted by molar-refractivity contribution is 9.10. The van der Waals surface area contributed by atoms with Gasteiger partial charge in [0.25, 0.3) is 11.8 Å². The Bertz CT molecular complexity index is 907. The molecule has 23 heavy (non-hydrogen) atoms. The van der Waals surface area contributed by atoms with E-state index in [0.29, 0.717) is 15.2 Å². The Labute approximate surface area is 145 Å². The van der Waals surface area contributed by atoms with Gasteiger partial charge < -0.3 is 4.98 Å². The Morgan fingerprint density at radius 3 is 2.35 bits per heavy atom.